The van der Waals surface area contributed by atoms with Gasteiger partial charge in [0.1, 0.15) is 17.1 Å². The van der Waals surface area contributed by atoms with Gasteiger partial charge in [0.25, 0.3) is 5.91 Å². The summed E-state index contributed by atoms with van der Waals surface area (Å²) in [6.07, 6.45) is -0.464. The van der Waals surface area contributed by atoms with Crippen molar-refractivity contribution >= 4 is 12.0 Å². The minimum Gasteiger partial charge on any atom is -0.444 e. The molecule has 2 aromatic rings. The first kappa shape index (κ1) is 18.9. The molecular formula is C19H23FN4O3. The van der Waals surface area contributed by atoms with Gasteiger partial charge in [-0.3, -0.25) is 9.48 Å². The third-order valence-corrected chi connectivity index (χ3v) is 4.19. The second kappa shape index (κ2) is 6.68. The van der Waals surface area contributed by atoms with Gasteiger partial charge < -0.3 is 15.4 Å². The number of rotatable bonds is 2. The van der Waals surface area contributed by atoms with Crippen LogP contribution in [0.3, 0.4) is 0 Å². The highest BCUT2D eigenvalue weighted by Gasteiger charge is 2.31. The van der Waals surface area contributed by atoms with Crippen LogP contribution in [0, 0.1) is 12.7 Å². The van der Waals surface area contributed by atoms with Gasteiger partial charge in [-0.2, -0.15) is 5.10 Å². The number of aromatic nitrogens is 2. The van der Waals surface area contributed by atoms with E-state index in [1.54, 1.807) is 38.4 Å². The maximum atomic E-state index is 13.8. The number of carbonyl (C=O) groups is 2. The van der Waals surface area contributed by atoms with E-state index in [0.29, 0.717) is 35.6 Å². The monoisotopic (exact) mass is 374 g/mol. The molecule has 0 atom stereocenters. The maximum Gasteiger partial charge on any atom is 0.410 e. The van der Waals surface area contributed by atoms with E-state index in [0.717, 1.165) is 0 Å². The van der Waals surface area contributed by atoms with Crippen molar-refractivity contribution in [3.05, 3.63) is 40.8 Å². The molecule has 2 heterocycles. The summed E-state index contributed by atoms with van der Waals surface area (Å²) in [5, 5.41) is 4.46. The lowest BCUT2D eigenvalue weighted by molar-refractivity contribution is 0.0193. The summed E-state index contributed by atoms with van der Waals surface area (Å²) in [7, 11) is 0. The van der Waals surface area contributed by atoms with E-state index in [4.69, 9.17) is 10.5 Å². The van der Waals surface area contributed by atoms with Crippen LogP contribution in [0.4, 0.5) is 9.18 Å². The maximum absolute atomic E-state index is 13.8. The highest BCUT2D eigenvalue weighted by molar-refractivity contribution is 6.00. The van der Waals surface area contributed by atoms with E-state index in [9.17, 15) is 14.0 Å². The Balaban J connectivity index is 2.00. The zero-order valence-electron chi connectivity index (χ0n) is 15.9. The van der Waals surface area contributed by atoms with Crippen molar-refractivity contribution in [1.29, 1.82) is 0 Å². The van der Waals surface area contributed by atoms with E-state index in [1.165, 1.54) is 17.0 Å². The molecule has 0 spiro atoms. The van der Waals surface area contributed by atoms with Crippen LogP contribution in [0.15, 0.2) is 18.2 Å². The van der Waals surface area contributed by atoms with Gasteiger partial charge in [-0.25, -0.2) is 9.18 Å². The molecule has 2 amide bonds. The molecule has 2 N–H and O–H groups in total. The van der Waals surface area contributed by atoms with Crippen molar-refractivity contribution in [3.8, 4) is 11.3 Å². The summed E-state index contributed by atoms with van der Waals surface area (Å²) in [6, 6.07) is 4.46. The van der Waals surface area contributed by atoms with Crippen molar-refractivity contribution in [3.63, 3.8) is 0 Å². The highest BCUT2D eigenvalue weighted by atomic mass is 19.1. The van der Waals surface area contributed by atoms with Gasteiger partial charge in [0.05, 0.1) is 24.3 Å². The summed E-state index contributed by atoms with van der Waals surface area (Å²) in [6.45, 7) is 8.06. The predicted octanol–water partition coefficient (Wildman–Crippen LogP) is 2.85. The third-order valence-electron chi connectivity index (χ3n) is 4.19. The Hall–Kier alpha value is -2.90. The first-order valence-corrected chi connectivity index (χ1v) is 8.70. The zero-order valence-corrected chi connectivity index (χ0v) is 15.9. The van der Waals surface area contributed by atoms with Crippen LogP contribution in [0.25, 0.3) is 11.3 Å². The Bertz CT molecular complexity index is 894. The molecule has 7 nitrogen and oxygen atoms in total. The minimum absolute atomic E-state index is 0.147. The van der Waals surface area contributed by atoms with Gasteiger partial charge in [-0.05, 0) is 51.5 Å². The average Bonchev–Trinajstić information content (AvgIpc) is 2.90. The number of primary amides is 1. The largest absolute Gasteiger partial charge is 0.444 e. The Morgan fingerprint density at radius 2 is 1.93 bits per heavy atom. The first-order valence-electron chi connectivity index (χ1n) is 8.70. The van der Waals surface area contributed by atoms with Crippen molar-refractivity contribution in [2.24, 2.45) is 5.73 Å². The number of hydrogen-bond acceptors (Lipinski definition) is 4. The topological polar surface area (TPSA) is 90.5 Å². The Kier molecular flexibility index (Phi) is 4.67. The minimum atomic E-state index is -0.667. The van der Waals surface area contributed by atoms with Crippen molar-refractivity contribution in [2.75, 3.05) is 6.54 Å². The molecule has 0 fully saturated rings. The van der Waals surface area contributed by atoms with Gasteiger partial charge >= 0.3 is 6.09 Å². The Morgan fingerprint density at radius 1 is 1.22 bits per heavy atom. The smallest absolute Gasteiger partial charge is 0.410 e. The Morgan fingerprint density at radius 3 is 2.52 bits per heavy atom. The van der Waals surface area contributed by atoms with Crippen LogP contribution in [0.5, 0.6) is 0 Å². The lowest BCUT2D eigenvalue weighted by Gasteiger charge is -2.30. The van der Waals surface area contributed by atoms with E-state index in [2.05, 4.69) is 5.10 Å². The van der Waals surface area contributed by atoms with Gasteiger partial charge in [0.15, 0.2) is 0 Å². The summed E-state index contributed by atoms with van der Waals surface area (Å²) in [5.74, 6) is -1.08. The SMILES string of the molecule is Cc1cc(F)cc(-c2nn3c(c2C(N)=O)CN(C(=O)OC(C)(C)C)CC3)c1. The van der Waals surface area contributed by atoms with Crippen LogP contribution in [0.2, 0.25) is 0 Å². The number of halogens is 1. The van der Waals surface area contributed by atoms with Crippen molar-refractivity contribution < 1.29 is 18.7 Å². The number of carbonyl (C=O) groups excluding carboxylic acids is 2. The fraction of sp³-hybridized carbons (Fsp3) is 0.421. The van der Waals surface area contributed by atoms with E-state index in [-0.39, 0.29) is 12.1 Å². The van der Waals surface area contributed by atoms with E-state index < -0.39 is 23.4 Å². The van der Waals surface area contributed by atoms with Crippen LogP contribution in [-0.4, -0.2) is 38.8 Å². The number of hydrogen-bond donors (Lipinski definition) is 1. The van der Waals surface area contributed by atoms with E-state index in [1.807, 2.05) is 0 Å². The van der Waals surface area contributed by atoms with Crippen LogP contribution in [0.1, 0.15) is 42.4 Å². The summed E-state index contributed by atoms with van der Waals surface area (Å²) >= 11 is 0. The van der Waals surface area contributed by atoms with Crippen molar-refractivity contribution in [1.82, 2.24) is 14.7 Å². The first-order chi connectivity index (χ1) is 12.5. The molecule has 1 aliphatic heterocycles. The molecule has 3 rings (SSSR count). The molecular weight excluding hydrogens is 351 g/mol. The Labute approximate surface area is 156 Å². The second-order valence-corrected chi connectivity index (χ2v) is 7.68. The lowest BCUT2D eigenvalue weighted by Crippen LogP contribution is -2.42. The number of amides is 2. The molecule has 144 valence electrons. The summed E-state index contributed by atoms with van der Waals surface area (Å²) in [5.41, 5.74) is 7.22. The number of ether oxygens (including phenoxy) is 1. The fourth-order valence-corrected chi connectivity index (χ4v) is 3.13. The highest BCUT2D eigenvalue weighted by Crippen LogP contribution is 2.29. The normalized spacial score (nSPS) is 14.0. The quantitative estimate of drug-likeness (QED) is 0.875. The molecule has 27 heavy (non-hydrogen) atoms. The molecule has 0 radical (unpaired) electrons. The molecule has 0 bridgehead atoms. The third kappa shape index (κ3) is 3.94. The van der Waals surface area contributed by atoms with Crippen LogP contribution < -0.4 is 5.73 Å². The zero-order chi connectivity index (χ0) is 19.9. The summed E-state index contributed by atoms with van der Waals surface area (Å²) in [4.78, 5) is 26.0. The summed E-state index contributed by atoms with van der Waals surface area (Å²) < 4.78 is 20.9. The number of nitrogens with zero attached hydrogens (tertiary/aromatic N) is 3. The number of benzene rings is 1. The number of nitrogens with two attached hydrogens (primary N) is 1. The standard InChI is InChI=1S/C19H23FN4O3/c1-11-7-12(9-13(20)8-11)16-15(17(21)25)14-10-23(5-6-24(14)22-16)18(26)27-19(2,3)4/h7-9H,5-6,10H2,1-4H3,(H2,21,25). The predicted molar refractivity (Wildman–Crippen MR) is 97.5 cm³/mol. The van der Waals surface area contributed by atoms with E-state index >= 15 is 0 Å². The lowest BCUT2D eigenvalue weighted by atomic mass is 10.0. The van der Waals surface area contributed by atoms with Gasteiger partial charge in [-0.15, -0.1) is 0 Å². The average molecular weight is 374 g/mol. The molecule has 1 aromatic carbocycles. The molecule has 1 aromatic heterocycles. The molecule has 0 unspecified atom stereocenters. The number of aryl methyl sites for hydroxylation is 1. The van der Waals surface area contributed by atoms with Crippen molar-refractivity contribution in [2.45, 2.75) is 46.4 Å². The van der Waals surface area contributed by atoms with Crippen LogP contribution >= 0.6 is 0 Å². The fourth-order valence-electron chi connectivity index (χ4n) is 3.13. The molecule has 0 saturated carbocycles. The molecule has 1 aliphatic rings. The number of fused-ring (bicyclic) bond motifs is 1. The molecule has 0 aliphatic carbocycles. The molecule has 8 heteroatoms. The molecule has 0 saturated heterocycles. The second-order valence-electron chi connectivity index (χ2n) is 7.68. The van der Waals surface area contributed by atoms with Gasteiger partial charge in [-0.1, -0.05) is 0 Å². The van der Waals surface area contributed by atoms with Gasteiger partial charge in [0, 0.05) is 12.1 Å². The van der Waals surface area contributed by atoms with Gasteiger partial charge in [0.2, 0.25) is 0 Å². The van der Waals surface area contributed by atoms with Crippen LogP contribution in [-0.2, 0) is 17.8 Å².